The first kappa shape index (κ1) is 20.6. The van der Waals surface area contributed by atoms with E-state index in [4.69, 9.17) is 5.26 Å². The fourth-order valence-electron chi connectivity index (χ4n) is 3.42. The summed E-state index contributed by atoms with van der Waals surface area (Å²) in [6.45, 7) is 3.87. The highest BCUT2D eigenvalue weighted by Crippen LogP contribution is 2.24. The molecule has 0 saturated carbocycles. The van der Waals surface area contributed by atoms with Crippen molar-refractivity contribution in [3.63, 3.8) is 0 Å². The third-order valence-electron chi connectivity index (χ3n) is 4.96. The van der Waals surface area contributed by atoms with Gasteiger partial charge in [0, 0.05) is 30.5 Å². The van der Waals surface area contributed by atoms with E-state index in [1.807, 2.05) is 19.1 Å². The molecule has 0 aliphatic carbocycles. The van der Waals surface area contributed by atoms with Crippen molar-refractivity contribution in [2.45, 2.75) is 24.7 Å². The van der Waals surface area contributed by atoms with Crippen molar-refractivity contribution in [3.8, 4) is 6.07 Å². The van der Waals surface area contributed by atoms with Gasteiger partial charge in [0.1, 0.15) is 17.5 Å². The van der Waals surface area contributed by atoms with Crippen molar-refractivity contribution >= 4 is 33.0 Å². The summed E-state index contributed by atoms with van der Waals surface area (Å²) in [5.74, 6) is 2.30. The average molecular weight is 435 g/mol. The highest BCUT2D eigenvalue weighted by atomic mass is 32.2. The molecule has 1 aliphatic rings. The summed E-state index contributed by atoms with van der Waals surface area (Å²) < 4.78 is 27.6. The molecule has 2 aromatic carbocycles. The molecule has 4 rings (SSSR count). The number of aromatic nitrogens is 2. The van der Waals surface area contributed by atoms with Crippen molar-refractivity contribution in [3.05, 3.63) is 66.0 Å². The minimum absolute atomic E-state index is 0.0969. The predicted molar refractivity (Wildman–Crippen MR) is 120 cm³/mol. The molecule has 31 heavy (non-hydrogen) atoms. The Bertz CT molecular complexity index is 1210. The molecule has 0 spiro atoms. The van der Waals surface area contributed by atoms with Gasteiger partial charge in [-0.15, -0.1) is 0 Å². The first-order valence-corrected chi connectivity index (χ1v) is 11.4. The number of benzene rings is 2. The lowest BCUT2D eigenvalue weighted by Gasteiger charge is -2.18. The lowest BCUT2D eigenvalue weighted by Crippen LogP contribution is -2.19. The zero-order valence-corrected chi connectivity index (χ0v) is 17.9. The summed E-state index contributed by atoms with van der Waals surface area (Å²) in [7, 11) is -3.74. The van der Waals surface area contributed by atoms with E-state index in [2.05, 4.69) is 24.9 Å². The van der Waals surface area contributed by atoms with E-state index in [0.29, 0.717) is 22.9 Å². The number of hydrogen-bond donors (Lipinski definition) is 2. The van der Waals surface area contributed by atoms with Crippen molar-refractivity contribution in [1.82, 2.24) is 9.97 Å². The summed E-state index contributed by atoms with van der Waals surface area (Å²) >= 11 is 0. The summed E-state index contributed by atoms with van der Waals surface area (Å²) in [5.41, 5.74) is 1.63. The number of hydrogen-bond acceptors (Lipinski definition) is 7. The van der Waals surface area contributed by atoms with E-state index in [-0.39, 0.29) is 4.90 Å². The van der Waals surface area contributed by atoms with Gasteiger partial charge in [0.05, 0.1) is 16.5 Å². The average Bonchev–Trinajstić information content (AvgIpc) is 3.30. The molecule has 0 bridgehead atoms. The lowest BCUT2D eigenvalue weighted by molar-refractivity contribution is 0.601. The molecule has 2 heterocycles. The Hall–Kier alpha value is -3.64. The van der Waals surface area contributed by atoms with Crippen LogP contribution in [0.15, 0.2) is 59.5 Å². The molecular formula is C22H22N6O2S. The second-order valence-corrected chi connectivity index (χ2v) is 8.98. The summed E-state index contributed by atoms with van der Waals surface area (Å²) in [4.78, 5) is 11.3. The number of rotatable bonds is 6. The van der Waals surface area contributed by atoms with Crippen molar-refractivity contribution < 1.29 is 8.42 Å². The minimum Gasteiger partial charge on any atom is -0.356 e. The van der Waals surface area contributed by atoms with E-state index in [9.17, 15) is 8.42 Å². The zero-order chi connectivity index (χ0) is 21.8. The van der Waals surface area contributed by atoms with E-state index in [0.717, 1.165) is 24.6 Å². The lowest BCUT2D eigenvalue weighted by atomic mass is 10.2. The molecule has 1 fully saturated rings. The van der Waals surface area contributed by atoms with E-state index >= 15 is 0 Å². The van der Waals surface area contributed by atoms with Gasteiger partial charge in [-0.25, -0.2) is 18.4 Å². The Morgan fingerprint density at radius 2 is 1.61 bits per heavy atom. The van der Waals surface area contributed by atoms with Gasteiger partial charge in [-0.1, -0.05) is 0 Å². The molecule has 0 atom stereocenters. The van der Waals surface area contributed by atoms with Gasteiger partial charge < -0.3 is 10.2 Å². The maximum atomic E-state index is 12.5. The van der Waals surface area contributed by atoms with Gasteiger partial charge in [0.15, 0.2) is 0 Å². The van der Waals surface area contributed by atoms with Crippen LogP contribution in [0.5, 0.6) is 0 Å². The molecule has 1 saturated heterocycles. The summed E-state index contributed by atoms with van der Waals surface area (Å²) in [6, 6.07) is 16.6. The maximum Gasteiger partial charge on any atom is 0.261 e. The largest absolute Gasteiger partial charge is 0.356 e. The highest BCUT2D eigenvalue weighted by Gasteiger charge is 2.16. The number of nitrogens with zero attached hydrogens (tertiary/aromatic N) is 4. The van der Waals surface area contributed by atoms with Gasteiger partial charge >= 0.3 is 0 Å². The SMILES string of the molecule is Cc1nc(Nc2ccc(NS(=O)(=O)c3ccc(C#N)cc3)cc2)cc(N2CCCC2)n1. The number of sulfonamides is 1. The molecule has 0 amide bonds. The fourth-order valence-corrected chi connectivity index (χ4v) is 4.48. The second kappa shape index (κ2) is 8.62. The van der Waals surface area contributed by atoms with Gasteiger partial charge in [-0.2, -0.15) is 5.26 Å². The fraction of sp³-hybridized carbons (Fsp3) is 0.227. The van der Waals surface area contributed by atoms with Crippen LogP contribution < -0.4 is 14.9 Å². The molecule has 0 radical (unpaired) electrons. The van der Waals surface area contributed by atoms with Gasteiger partial charge in [0.2, 0.25) is 0 Å². The Labute approximate surface area is 181 Å². The van der Waals surface area contributed by atoms with Crippen LogP contribution in [0.2, 0.25) is 0 Å². The van der Waals surface area contributed by atoms with Crippen LogP contribution in [-0.2, 0) is 10.0 Å². The molecule has 9 heteroatoms. The van der Waals surface area contributed by atoms with Gasteiger partial charge in [-0.3, -0.25) is 4.72 Å². The quantitative estimate of drug-likeness (QED) is 0.607. The first-order chi connectivity index (χ1) is 14.9. The number of nitriles is 1. The normalized spacial score (nSPS) is 13.6. The third kappa shape index (κ3) is 4.92. The van der Waals surface area contributed by atoms with Crippen LogP contribution in [0.1, 0.15) is 24.2 Å². The zero-order valence-electron chi connectivity index (χ0n) is 17.0. The smallest absolute Gasteiger partial charge is 0.261 e. The van der Waals surface area contributed by atoms with Crippen LogP contribution in [0, 0.1) is 18.3 Å². The van der Waals surface area contributed by atoms with Crippen molar-refractivity contribution in [2.24, 2.45) is 0 Å². The number of aryl methyl sites for hydroxylation is 1. The maximum absolute atomic E-state index is 12.5. The van der Waals surface area contributed by atoms with Crippen LogP contribution in [0.3, 0.4) is 0 Å². The predicted octanol–water partition coefficient (Wildman–Crippen LogP) is 3.80. The van der Waals surface area contributed by atoms with E-state index < -0.39 is 10.0 Å². The standard InChI is InChI=1S/C22H22N6O2S/c1-16-24-21(14-22(25-16)28-12-2-3-13-28)26-18-6-8-19(9-7-18)27-31(29,30)20-10-4-17(15-23)5-11-20/h4-11,14,27H,2-3,12-13H2,1H3,(H,24,25,26). The molecule has 3 aromatic rings. The monoisotopic (exact) mass is 434 g/mol. The molecule has 1 aromatic heterocycles. The van der Waals surface area contributed by atoms with Gasteiger partial charge in [0.25, 0.3) is 10.0 Å². The van der Waals surface area contributed by atoms with Crippen molar-refractivity contribution in [1.29, 1.82) is 5.26 Å². The third-order valence-corrected chi connectivity index (χ3v) is 6.35. The summed E-state index contributed by atoms with van der Waals surface area (Å²) in [6.07, 6.45) is 2.34. The van der Waals surface area contributed by atoms with E-state index in [1.165, 1.54) is 37.1 Å². The highest BCUT2D eigenvalue weighted by molar-refractivity contribution is 7.92. The summed E-state index contributed by atoms with van der Waals surface area (Å²) in [5, 5.41) is 12.1. The number of nitrogens with one attached hydrogen (secondary N) is 2. The molecular weight excluding hydrogens is 412 g/mol. The molecule has 8 nitrogen and oxygen atoms in total. The van der Waals surface area contributed by atoms with E-state index in [1.54, 1.807) is 24.3 Å². The molecule has 158 valence electrons. The Morgan fingerprint density at radius 3 is 2.26 bits per heavy atom. The van der Waals surface area contributed by atoms with Crippen molar-refractivity contribution in [2.75, 3.05) is 28.0 Å². The topological polar surface area (TPSA) is 111 Å². The Kier molecular flexibility index (Phi) is 5.73. The Morgan fingerprint density at radius 1 is 0.968 bits per heavy atom. The molecule has 2 N–H and O–H groups in total. The molecule has 1 aliphatic heterocycles. The number of anilines is 4. The van der Waals surface area contributed by atoms with Crippen LogP contribution in [-0.4, -0.2) is 31.5 Å². The first-order valence-electron chi connectivity index (χ1n) is 9.94. The second-order valence-electron chi connectivity index (χ2n) is 7.30. The van der Waals surface area contributed by atoms with Crippen LogP contribution in [0.25, 0.3) is 0 Å². The van der Waals surface area contributed by atoms with Crippen LogP contribution in [0.4, 0.5) is 23.0 Å². The minimum atomic E-state index is -3.74. The molecule has 0 unspecified atom stereocenters. The van der Waals surface area contributed by atoms with Gasteiger partial charge in [-0.05, 0) is 68.3 Å². The van der Waals surface area contributed by atoms with Crippen LogP contribution >= 0.6 is 0 Å². The Balaban J connectivity index is 1.46.